The van der Waals surface area contributed by atoms with Gasteiger partial charge in [0.05, 0.1) is 0 Å². The Balaban J connectivity index is 2.94. The number of nitrogens with zero attached hydrogens (tertiary/aromatic N) is 1. The van der Waals surface area contributed by atoms with Crippen LogP contribution in [0.2, 0.25) is 0 Å². The first-order chi connectivity index (χ1) is 8.65. The zero-order valence-corrected chi connectivity index (χ0v) is 12.4. The quantitative estimate of drug-likeness (QED) is 0.856. The molecule has 19 heavy (non-hydrogen) atoms. The third kappa shape index (κ3) is 3.84. The molecule has 1 unspecified atom stereocenters. The molecular formula is C14H22N2O3. The highest BCUT2D eigenvalue weighted by atomic mass is 16.6. The van der Waals surface area contributed by atoms with E-state index in [0.717, 1.165) is 23.2 Å². The molecule has 1 atom stereocenters. The molecule has 0 aliphatic carbocycles. The number of nitrogens with one attached hydrogen (secondary N) is 1. The third-order valence-corrected chi connectivity index (χ3v) is 2.74. The first-order valence-corrected chi connectivity index (χ1v) is 6.23. The number of aromatic amines is 1. The van der Waals surface area contributed by atoms with Gasteiger partial charge in [0.1, 0.15) is 17.9 Å². The molecule has 1 amide bonds. The monoisotopic (exact) mass is 266 g/mol. The van der Waals surface area contributed by atoms with Gasteiger partial charge >= 0.3 is 6.09 Å². The summed E-state index contributed by atoms with van der Waals surface area (Å²) in [6.07, 6.45) is 0.238. The van der Waals surface area contributed by atoms with Gasteiger partial charge in [0, 0.05) is 24.0 Å². The van der Waals surface area contributed by atoms with Gasteiger partial charge in [0.25, 0.3) is 0 Å². The van der Waals surface area contributed by atoms with Gasteiger partial charge in [-0.05, 0) is 40.7 Å². The Bertz CT molecular complexity index is 472. The van der Waals surface area contributed by atoms with E-state index >= 15 is 0 Å². The number of carbonyl (C=O) groups is 2. The Morgan fingerprint density at radius 3 is 2.37 bits per heavy atom. The number of aromatic nitrogens is 1. The van der Waals surface area contributed by atoms with Crippen LogP contribution < -0.4 is 0 Å². The molecule has 1 N–H and O–H groups in total. The van der Waals surface area contributed by atoms with Crippen LogP contribution in [0, 0.1) is 13.8 Å². The van der Waals surface area contributed by atoms with Crippen LogP contribution in [-0.2, 0) is 9.53 Å². The molecule has 1 aromatic heterocycles. The van der Waals surface area contributed by atoms with E-state index in [2.05, 4.69) is 4.98 Å². The highest BCUT2D eigenvalue weighted by Gasteiger charge is 2.27. The number of aldehydes is 1. The fraction of sp³-hybridized carbons (Fsp3) is 0.571. The van der Waals surface area contributed by atoms with Crippen LogP contribution in [0.4, 0.5) is 4.79 Å². The number of rotatable bonds is 3. The molecule has 0 aromatic carbocycles. The van der Waals surface area contributed by atoms with Gasteiger partial charge in [0.15, 0.2) is 0 Å². The highest BCUT2D eigenvalue weighted by Crippen LogP contribution is 2.23. The van der Waals surface area contributed by atoms with Gasteiger partial charge in [0.2, 0.25) is 0 Å². The second-order valence-corrected chi connectivity index (χ2v) is 5.70. The van der Waals surface area contributed by atoms with Crippen molar-refractivity contribution in [2.75, 3.05) is 7.05 Å². The smallest absolute Gasteiger partial charge is 0.410 e. The van der Waals surface area contributed by atoms with E-state index in [-0.39, 0.29) is 0 Å². The molecule has 1 heterocycles. The number of amides is 1. The van der Waals surface area contributed by atoms with E-state index in [1.807, 2.05) is 19.9 Å². The van der Waals surface area contributed by atoms with Crippen molar-refractivity contribution in [3.63, 3.8) is 0 Å². The second-order valence-electron chi connectivity index (χ2n) is 5.70. The van der Waals surface area contributed by atoms with Crippen LogP contribution in [0.1, 0.15) is 43.8 Å². The largest absolute Gasteiger partial charge is 0.444 e. The zero-order chi connectivity index (χ0) is 14.8. The van der Waals surface area contributed by atoms with Gasteiger partial charge in [-0.3, -0.25) is 4.90 Å². The Hall–Kier alpha value is -1.78. The van der Waals surface area contributed by atoms with Crippen molar-refractivity contribution in [1.82, 2.24) is 9.88 Å². The molecule has 1 aromatic rings. The molecule has 0 aliphatic heterocycles. The maximum Gasteiger partial charge on any atom is 0.410 e. The molecule has 0 spiro atoms. The summed E-state index contributed by atoms with van der Waals surface area (Å²) in [6.45, 7) is 9.16. The standard InChI is InChI=1S/C14H22N2O3/c1-9-7-11(10(2)15-9)12(8-17)16(6)13(18)19-14(3,4)5/h7-8,12,15H,1-6H3. The number of likely N-dealkylation sites (N-methyl/N-ethyl adjacent to an activating group) is 1. The predicted molar refractivity (Wildman–Crippen MR) is 73.1 cm³/mol. The van der Waals surface area contributed by atoms with Crippen molar-refractivity contribution in [2.24, 2.45) is 0 Å². The summed E-state index contributed by atoms with van der Waals surface area (Å²) in [4.78, 5) is 27.7. The molecule has 0 saturated carbocycles. The summed E-state index contributed by atoms with van der Waals surface area (Å²) in [5.41, 5.74) is 2.05. The zero-order valence-electron chi connectivity index (χ0n) is 12.4. The van der Waals surface area contributed by atoms with Gasteiger partial charge in [-0.1, -0.05) is 0 Å². The molecule has 0 fully saturated rings. The first-order valence-electron chi connectivity index (χ1n) is 6.23. The lowest BCUT2D eigenvalue weighted by Gasteiger charge is -2.28. The SMILES string of the molecule is Cc1cc(C(C=O)N(C)C(=O)OC(C)(C)C)c(C)[nH]1. The van der Waals surface area contributed by atoms with Crippen LogP contribution in [-0.4, -0.2) is 34.9 Å². The summed E-state index contributed by atoms with van der Waals surface area (Å²) in [7, 11) is 1.56. The van der Waals surface area contributed by atoms with Gasteiger partial charge in [-0.25, -0.2) is 4.79 Å². The van der Waals surface area contributed by atoms with Crippen LogP contribution in [0.25, 0.3) is 0 Å². The summed E-state index contributed by atoms with van der Waals surface area (Å²) in [6, 6.07) is 1.23. The van der Waals surface area contributed by atoms with E-state index < -0.39 is 17.7 Å². The predicted octanol–water partition coefficient (Wildman–Crippen LogP) is 2.74. The van der Waals surface area contributed by atoms with E-state index in [4.69, 9.17) is 4.74 Å². The van der Waals surface area contributed by atoms with E-state index in [0.29, 0.717) is 0 Å². The van der Waals surface area contributed by atoms with Gasteiger partial charge in [-0.15, -0.1) is 0 Å². The van der Waals surface area contributed by atoms with Crippen molar-refractivity contribution in [3.8, 4) is 0 Å². The Labute approximate surface area is 113 Å². The molecule has 0 radical (unpaired) electrons. The minimum Gasteiger partial charge on any atom is -0.444 e. The fourth-order valence-corrected chi connectivity index (χ4v) is 1.87. The van der Waals surface area contributed by atoms with Crippen molar-refractivity contribution in [3.05, 3.63) is 23.0 Å². The first kappa shape index (κ1) is 15.3. The van der Waals surface area contributed by atoms with Gasteiger partial charge in [-0.2, -0.15) is 0 Å². The van der Waals surface area contributed by atoms with Crippen LogP contribution in [0.3, 0.4) is 0 Å². The van der Waals surface area contributed by atoms with Crippen molar-refractivity contribution < 1.29 is 14.3 Å². The molecule has 0 aliphatic rings. The van der Waals surface area contributed by atoms with Crippen molar-refractivity contribution in [1.29, 1.82) is 0 Å². The number of ether oxygens (including phenoxy) is 1. The van der Waals surface area contributed by atoms with E-state index in [9.17, 15) is 9.59 Å². The second kappa shape index (κ2) is 5.47. The molecule has 5 heteroatoms. The molecule has 0 saturated heterocycles. The minimum atomic E-state index is -0.639. The third-order valence-electron chi connectivity index (χ3n) is 2.74. The van der Waals surface area contributed by atoms with Crippen LogP contribution >= 0.6 is 0 Å². The number of hydrogen-bond acceptors (Lipinski definition) is 3. The molecular weight excluding hydrogens is 244 g/mol. The summed E-state index contributed by atoms with van der Waals surface area (Å²) in [5, 5.41) is 0. The summed E-state index contributed by atoms with van der Waals surface area (Å²) < 4.78 is 5.27. The lowest BCUT2D eigenvalue weighted by Crippen LogP contribution is -2.37. The van der Waals surface area contributed by atoms with Crippen LogP contribution in [0.5, 0.6) is 0 Å². The number of carbonyl (C=O) groups excluding carboxylic acids is 2. The highest BCUT2D eigenvalue weighted by molar-refractivity contribution is 5.75. The fourth-order valence-electron chi connectivity index (χ4n) is 1.87. The molecule has 5 nitrogen and oxygen atoms in total. The molecule has 0 bridgehead atoms. The molecule has 106 valence electrons. The number of H-pyrrole nitrogens is 1. The number of aryl methyl sites for hydroxylation is 2. The minimum absolute atomic E-state index is 0.511. The Morgan fingerprint density at radius 2 is 2.00 bits per heavy atom. The summed E-state index contributed by atoms with van der Waals surface area (Å²) in [5.74, 6) is 0. The maximum absolute atomic E-state index is 12.0. The Kier molecular flexibility index (Phi) is 4.39. The topological polar surface area (TPSA) is 62.4 Å². The maximum atomic E-state index is 12.0. The normalized spacial score (nSPS) is 12.9. The average Bonchev–Trinajstić information content (AvgIpc) is 2.56. The summed E-state index contributed by atoms with van der Waals surface area (Å²) >= 11 is 0. The lowest BCUT2D eigenvalue weighted by atomic mass is 10.1. The van der Waals surface area contributed by atoms with Crippen LogP contribution in [0.15, 0.2) is 6.07 Å². The van der Waals surface area contributed by atoms with Gasteiger partial charge < -0.3 is 14.5 Å². The van der Waals surface area contributed by atoms with E-state index in [1.54, 1.807) is 27.8 Å². The van der Waals surface area contributed by atoms with Crippen molar-refractivity contribution >= 4 is 12.4 Å². The lowest BCUT2D eigenvalue weighted by molar-refractivity contribution is -0.112. The average molecular weight is 266 g/mol. The number of hydrogen-bond donors (Lipinski definition) is 1. The Morgan fingerprint density at radius 1 is 1.42 bits per heavy atom. The van der Waals surface area contributed by atoms with E-state index in [1.165, 1.54) is 4.90 Å². The molecule has 1 rings (SSSR count). The van der Waals surface area contributed by atoms with Crippen molar-refractivity contribution in [2.45, 2.75) is 46.3 Å².